The zero-order chi connectivity index (χ0) is 13.1. The molecule has 0 spiro atoms. The summed E-state index contributed by atoms with van der Waals surface area (Å²) in [4.78, 5) is 16.6. The van der Waals surface area contributed by atoms with Crippen LogP contribution >= 0.6 is 11.6 Å². The summed E-state index contributed by atoms with van der Waals surface area (Å²) in [6.45, 7) is 2.90. The SMILES string of the molecule is CC(=O)NC1CCN(c2cc(Cl)ncc2F)CC1. The molecule has 1 amide bonds. The number of halogens is 2. The van der Waals surface area contributed by atoms with Crippen molar-refractivity contribution < 1.29 is 9.18 Å². The Kier molecular flexibility index (Phi) is 4.01. The first kappa shape index (κ1) is 13.1. The van der Waals surface area contributed by atoms with Crippen molar-refractivity contribution in [3.8, 4) is 0 Å². The molecule has 1 saturated heterocycles. The second kappa shape index (κ2) is 5.52. The summed E-state index contributed by atoms with van der Waals surface area (Å²) in [5, 5.41) is 3.17. The summed E-state index contributed by atoms with van der Waals surface area (Å²) in [6.07, 6.45) is 2.75. The van der Waals surface area contributed by atoms with Gasteiger partial charge in [-0.05, 0) is 12.8 Å². The standard InChI is InChI=1S/C12H15ClFN3O/c1-8(18)16-9-2-4-17(5-3-9)11-6-12(13)15-7-10(11)14/h6-7,9H,2-5H2,1H3,(H,16,18). The number of aromatic nitrogens is 1. The molecule has 6 heteroatoms. The molecule has 2 rings (SSSR count). The molecule has 0 unspecified atom stereocenters. The second-order valence-corrected chi connectivity index (χ2v) is 4.81. The summed E-state index contributed by atoms with van der Waals surface area (Å²) in [5.74, 6) is -0.385. The van der Waals surface area contributed by atoms with E-state index in [0.717, 1.165) is 19.0 Å². The first-order valence-corrected chi connectivity index (χ1v) is 6.27. The van der Waals surface area contributed by atoms with Crippen molar-refractivity contribution in [1.29, 1.82) is 0 Å². The monoisotopic (exact) mass is 271 g/mol. The highest BCUT2D eigenvalue weighted by molar-refractivity contribution is 6.29. The molecule has 98 valence electrons. The van der Waals surface area contributed by atoms with Crippen molar-refractivity contribution in [1.82, 2.24) is 10.3 Å². The number of pyridine rings is 1. The van der Waals surface area contributed by atoms with Crippen LogP contribution in [0.4, 0.5) is 10.1 Å². The van der Waals surface area contributed by atoms with Gasteiger partial charge >= 0.3 is 0 Å². The van der Waals surface area contributed by atoms with Gasteiger partial charge in [-0.25, -0.2) is 9.37 Å². The highest BCUT2D eigenvalue weighted by atomic mass is 35.5. The van der Waals surface area contributed by atoms with Gasteiger partial charge in [0.05, 0.1) is 11.9 Å². The minimum atomic E-state index is -0.364. The fourth-order valence-electron chi connectivity index (χ4n) is 2.20. The summed E-state index contributed by atoms with van der Waals surface area (Å²) in [5.41, 5.74) is 0.483. The molecule has 0 atom stereocenters. The summed E-state index contributed by atoms with van der Waals surface area (Å²) < 4.78 is 13.6. The molecular formula is C12H15ClFN3O. The van der Waals surface area contributed by atoms with E-state index in [1.807, 2.05) is 4.90 Å². The van der Waals surface area contributed by atoms with Crippen LogP contribution in [0, 0.1) is 5.82 Å². The van der Waals surface area contributed by atoms with E-state index < -0.39 is 0 Å². The average molecular weight is 272 g/mol. The fourth-order valence-corrected chi connectivity index (χ4v) is 2.35. The van der Waals surface area contributed by atoms with Gasteiger partial charge in [-0.15, -0.1) is 0 Å². The van der Waals surface area contributed by atoms with Gasteiger partial charge in [0.15, 0.2) is 5.82 Å². The van der Waals surface area contributed by atoms with Crippen LogP contribution in [0.25, 0.3) is 0 Å². The topological polar surface area (TPSA) is 45.2 Å². The van der Waals surface area contributed by atoms with Crippen LogP contribution < -0.4 is 10.2 Å². The third-order valence-electron chi connectivity index (χ3n) is 3.04. The summed E-state index contributed by atoms with van der Waals surface area (Å²) in [7, 11) is 0. The number of carbonyl (C=O) groups is 1. The molecule has 1 aromatic heterocycles. The Morgan fingerprint density at radius 1 is 1.56 bits per heavy atom. The van der Waals surface area contributed by atoms with Crippen LogP contribution in [0.15, 0.2) is 12.3 Å². The molecule has 1 fully saturated rings. The lowest BCUT2D eigenvalue weighted by atomic mass is 10.0. The molecule has 1 N–H and O–H groups in total. The van der Waals surface area contributed by atoms with E-state index in [0.29, 0.717) is 18.8 Å². The van der Waals surface area contributed by atoms with E-state index in [4.69, 9.17) is 11.6 Å². The normalized spacial score (nSPS) is 16.7. The lowest BCUT2D eigenvalue weighted by molar-refractivity contribution is -0.119. The van der Waals surface area contributed by atoms with Crippen LogP contribution in [0.2, 0.25) is 5.15 Å². The first-order chi connectivity index (χ1) is 8.56. The van der Waals surface area contributed by atoms with Gasteiger partial charge in [0.25, 0.3) is 0 Å². The smallest absolute Gasteiger partial charge is 0.217 e. The predicted octanol–water partition coefficient (Wildman–Crippen LogP) is 1.98. The number of amides is 1. The first-order valence-electron chi connectivity index (χ1n) is 5.89. The molecule has 4 nitrogen and oxygen atoms in total. The van der Waals surface area contributed by atoms with E-state index >= 15 is 0 Å². The highest BCUT2D eigenvalue weighted by Crippen LogP contribution is 2.25. The van der Waals surface area contributed by atoms with Gasteiger partial charge in [-0.2, -0.15) is 0 Å². The van der Waals surface area contributed by atoms with Gasteiger partial charge in [-0.1, -0.05) is 11.6 Å². The third kappa shape index (κ3) is 3.10. The summed E-state index contributed by atoms with van der Waals surface area (Å²) >= 11 is 5.77. The Morgan fingerprint density at radius 2 is 2.22 bits per heavy atom. The maximum Gasteiger partial charge on any atom is 0.217 e. The molecule has 18 heavy (non-hydrogen) atoms. The maximum atomic E-state index is 13.6. The lowest BCUT2D eigenvalue weighted by Crippen LogP contribution is -2.44. The molecular weight excluding hydrogens is 257 g/mol. The van der Waals surface area contributed by atoms with Crippen LogP contribution in [0.1, 0.15) is 19.8 Å². The average Bonchev–Trinajstić information content (AvgIpc) is 2.33. The van der Waals surface area contributed by atoms with E-state index in [-0.39, 0.29) is 22.9 Å². The largest absolute Gasteiger partial charge is 0.369 e. The Morgan fingerprint density at radius 3 is 2.83 bits per heavy atom. The van der Waals surface area contributed by atoms with Gasteiger partial charge in [0.2, 0.25) is 5.91 Å². The predicted molar refractivity (Wildman–Crippen MR) is 68.3 cm³/mol. The number of nitrogens with one attached hydrogen (secondary N) is 1. The van der Waals surface area contributed by atoms with Gasteiger partial charge in [-0.3, -0.25) is 4.79 Å². The Hall–Kier alpha value is -1.36. The molecule has 1 aliphatic rings. The molecule has 0 bridgehead atoms. The van der Waals surface area contributed by atoms with Crippen molar-refractivity contribution in [2.45, 2.75) is 25.8 Å². The molecule has 0 saturated carbocycles. The van der Waals surface area contributed by atoms with Gasteiger partial charge < -0.3 is 10.2 Å². The molecule has 2 heterocycles. The third-order valence-corrected chi connectivity index (χ3v) is 3.25. The minimum Gasteiger partial charge on any atom is -0.369 e. The number of piperidine rings is 1. The summed E-state index contributed by atoms with van der Waals surface area (Å²) in [6, 6.07) is 1.72. The number of rotatable bonds is 2. The quantitative estimate of drug-likeness (QED) is 0.837. The molecule has 1 aromatic rings. The number of carbonyl (C=O) groups excluding carboxylic acids is 1. The Bertz CT molecular complexity index is 447. The number of nitrogens with zero attached hydrogens (tertiary/aromatic N) is 2. The zero-order valence-electron chi connectivity index (χ0n) is 10.1. The minimum absolute atomic E-state index is 0.0217. The number of hydrogen-bond acceptors (Lipinski definition) is 3. The highest BCUT2D eigenvalue weighted by Gasteiger charge is 2.22. The van der Waals surface area contributed by atoms with Crippen molar-refractivity contribution >= 4 is 23.2 Å². The zero-order valence-corrected chi connectivity index (χ0v) is 10.9. The van der Waals surface area contributed by atoms with E-state index in [1.54, 1.807) is 0 Å². The fraction of sp³-hybridized carbons (Fsp3) is 0.500. The van der Waals surface area contributed by atoms with E-state index in [1.165, 1.54) is 13.0 Å². The maximum absolute atomic E-state index is 13.6. The molecule has 1 aliphatic heterocycles. The molecule has 0 radical (unpaired) electrons. The van der Waals surface area contributed by atoms with E-state index in [2.05, 4.69) is 10.3 Å². The number of hydrogen-bond donors (Lipinski definition) is 1. The van der Waals surface area contributed by atoms with Crippen LogP contribution in [-0.2, 0) is 4.79 Å². The Balaban J connectivity index is 2.01. The van der Waals surface area contributed by atoms with Crippen molar-refractivity contribution in [3.63, 3.8) is 0 Å². The van der Waals surface area contributed by atoms with Crippen molar-refractivity contribution in [2.24, 2.45) is 0 Å². The number of anilines is 1. The van der Waals surface area contributed by atoms with Gasteiger partial charge in [0.1, 0.15) is 5.15 Å². The van der Waals surface area contributed by atoms with Gasteiger partial charge in [0, 0.05) is 32.1 Å². The Labute approximate surface area is 110 Å². The van der Waals surface area contributed by atoms with E-state index in [9.17, 15) is 9.18 Å². The second-order valence-electron chi connectivity index (χ2n) is 4.42. The van der Waals surface area contributed by atoms with Crippen LogP contribution in [0.5, 0.6) is 0 Å². The molecule has 0 aromatic carbocycles. The van der Waals surface area contributed by atoms with Crippen molar-refractivity contribution in [3.05, 3.63) is 23.2 Å². The van der Waals surface area contributed by atoms with Crippen LogP contribution in [-0.4, -0.2) is 30.0 Å². The van der Waals surface area contributed by atoms with Crippen LogP contribution in [0.3, 0.4) is 0 Å². The lowest BCUT2D eigenvalue weighted by Gasteiger charge is -2.33. The molecule has 0 aliphatic carbocycles. The van der Waals surface area contributed by atoms with Crippen molar-refractivity contribution in [2.75, 3.05) is 18.0 Å².